The van der Waals surface area contributed by atoms with Gasteiger partial charge < -0.3 is 10.1 Å². The number of hydrogen-bond donors (Lipinski definition) is 2. The van der Waals surface area contributed by atoms with Crippen molar-refractivity contribution in [3.05, 3.63) is 29.3 Å². The molecule has 0 unspecified atom stereocenters. The van der Waals surface area contributed by atoms with Gasteiger partial charge in [-0.25, -0.2) is 0 Å². The van der Waals surface area contributed by atoms with Gasteiger partial charge >= 0.3 is 0 Å². The van der Waals surface area contributed by atoms with Gasteiger partial charge in [-0.1, -0.05) is 39.5 Å². The molecule has 0 saturated heterocycles. The molecule has 0 fully saturated rings. The summed E-state index contributed by atoms with van der Waals surface area (Å²) >= 11 is 3.68. The maximum atomic E-state index is 10.8. The van der Waals surface area contributed by atoms with E-state index in [1.54, 1.807) is 7.11 Å². The number of amides is 1. The summed E-state index contributed by atoms with van der Waals surface area (Å²) in [6, 6.07) is 5.93. The maximum Gasteiger partial charge on any atom is 0.276 e. The minimum atomic E-state index is -0.321. The second kappa shape index (κ2) is 5.45. The van der Waals surface area contributed by atoms with Crippen molar-refractivity contribution < 1.29 is 9.53 Å². The largest absolute Gasteiger partial charge is 0.496 e. The number of nitrogens with one attached hydrogen (secondary N) is 1. The molecule has 0 aromatic heterocycles. The monoisotopic (exact) mass is 253 g/mol. The Morgan fingerprint density at radius 2 is 2.06 bits per heavy atom. The molecule has 0 atom stereocenters. The van der Waals surface area contributed by atoms with Gasteiger partial charge in [-0.3, -0.25) is 4.79 Å². The summed E-state index contributed by atoms with van der Waals surface area (Å²) in [7, 11) is 1.67. The van der Waals surface area contributed by atoms with E-state index < -0.39 is 0 Å². The first-order valence-electron chi connectivity index (χ1n) is 5.49. The first-order valence-corrected chi connectivity index (χ1v) is 5.93. The first-order chi connectivity index (χ1) is 7.84. The fourth-order valence-corrected chi connectivity index (χ4v) is 1.71. The number of ether oxygens (including phenoxy) is 1. The summed E-state index contributed by atoms with van der Waals surface area (Å²) in [5, 5.41) is 2.34. The molecular weight excluding hydrogens is 234 g/mol. The molecule has 0 heterocycles. The predicted molar refractivity (Wildman–Crippen MR) is 72.9 cm³/mol. The van der Waals surface area contributed by atoms with Gasteiger partial charge in [-0.15, -0.1) is 0 Å². The lowest BCUT2D eigenvalue weighted by atomic mass is 9.85. The highest BCUT2D eigenvalue weighted by Crippen LogP contribution is 2.31. The summed E-state index contributed by atoms with van der Waals surface area (Å²) in [6.45, 7) is 6.87. The van der Waals surface area contributed by atoms with E-state index >= 15 is 0 Å². The Balaban J connectivity index is 3.01. The maximum absolute atomic E-state index is 10.8. The van der Waals surface area contributed by atoms with Crippen LogP contribution in [0, 0.1) is 0 Å². The molecule has 1 aromatic rings. The number of thiol groups is 1. The quantitative estimate of drug-likeness (QED) is 0.812. The Bertz CT molecular complexity index is 410. The Kier molecular flexibility index (Phi) is 4.46. The molecular formula is C13H19NO2S. The normalized spacial score (nSPS) is 11.1. The van der Waals surface area contributed by atoms with Crippen molar-refractivity contribution in [1.29, 1.82) is 0 Å². The zero-order chi connectivity index (χ0) is 13.1. The number of methoxy groups -OCH3 is 1. The van der Waals surface area contributed by atoms with E-state index in [4.69, 9.17) is 4.74 Å². The number of benzene rings is 1. The van der Waals surface area contributed by atoms with Crippen molar-refractivity contribution in [2.75, 3.05) is 7.11 Å². The third kappa shape index (κ3) is 3.97. The van der Waals surface area contributed by atoms with Crippen molar-refractivity contribution >= 4 is 17.9 Å². The Hall–Kier alpha value is -1.16. The SMILES string of the molecule is COc1ccc(CNC(=O)S)cc1C(C)(C)C. The van der Waals surface area contributed by atoms with Crippen LogP contribution in [-0.4, -0.2) is 12.3 Å². The van der Waals surface area contributed by atoms with Crippen LogP contribution in [0.3, 0.4) is 0 Å². The highest BCUT2D eigenvalue weighted by Gasteiger charge is 2.19. The minimum absolute atomic E-state index is 0.00628. The van der Waals surface area contributed by atoms with Gasteiger partial charge in [0.25, 0.3) is 5.24 Å². The zero-order valence-corrected chi connectivity index (χ0v) is 11.6. The predicted octanol–water partition coefficient (Wildman–Crippen LogP) is 3.13. The number of hydrogen-bond acceptors (Lipinski definition) is 2. The van der Waals surface area contributed by atoms with Gasteiger partial charge in [0, 0.05) is 6.54 Å². The van der Waals surface area contributed by atoms with E-state index in [0.717, 1.165) is 16.9 Å². The standard InChI is InChI=1S/C13H19NO2S/c1-13(2,3)10-7-9(8-14-12(15)17)5-6-11(10)16-4/h5-7H,8H2,1-4H3,(H2,14,15,17). The Morgan fingerprint density at radius 1 is 1.41 bits per heavy atom. The highest BCUT2D eigenvalue weighted by molar-refractivity contribution is 7.96. The fourth-order valence-electron chi connectivity index (χ4n) is 1.63. The summed E-state index contributed by atoms with van der Waals surface area (Å²) in [5.41, 5.74) is 2.18. The Labute approximate surface area is 108 Å². The second-order valence-electron chi connectivity index (χ2n) is 4.94. The molecule has 1 amide bonds. The van der Waals surface area contributed by atoms with Crippen molar-refractivity contribution in [2.45, 2.75) is 32.7 Å². The van der Waals surface area contributed by atoms with Crippen molar-refractivity contribution in [3.8, 4) is 5.75 Å². The van der Waals surface area contributed by atoms with Crippen LogP contribution < -0.4 is 10.1 Å². The molecule has 0 aliphatic heterocycles. The molecule has 4 heteroatoms. The lowest BCUT2D eigenvalue weighted by molar-refractivity contribution is 0.260. The van der Waals surface area contributed by atoms with E-state index in [-0.39, 0.29) is 10.7 Å². The summed E-state index contributed by atoms with van der Waals surface area (Å²) < 4.78 is 5.35. The van der Waals surface area contributed by atoms with Crippen LogP contribution in [0.25, 0.3) is 0 Å². The van der Waals surface area contributed by atoms with Crippen LogP contribution in [0.15, 0.2) is 18.2 Å². The third-order valence-corrected chi connectivity index (χ3v) is 2.67. The van der Waals surface area contributed by atoms with E-state index in [1.807, 2.05) is 12.1 Å². The molecule has 94 valence electrons. The van der Waals surface area contributed by atoms with Crippen LogP contribution in [0.5, 0.6) is 5.75 Å². The molecule has 0 spiro atoms. The topological polar surface area (TPSA) is 38.3 Å². The second-order valence-corrected chi connectivity index (χ2v) is 5.35. The van der Waals surface area contributed by atoms with Crippen LogP contribution >= 0.6 is 12.6 Å². The van der Waals surface area contributed by atoms with Crippen LogP contribution in [-0.2, 0) is 12.0 Å². The summed E-state index contributed by atoms with van der Waals surface area (Å²) in [6.07, 6.45) is 0. The smallest absolute Gasteiger partial charge is 0.276 e. The molecule has 0 radical (unpaired) electrons. The van der Waals surface area contributed by atoms with Gasteiger partial charge in [-0.2, -0.15) is 0 Å². The molecule has 0 saturated carbocycles. The number of carbonyl (C=O) groups is 1. The zero-order valence-electron chi connectivity index (χ0n) is 10.7. The fraction of sp³-hybridized carbons (Fsp3) is 0.462. The molecule has 17 heavy (non-hydrogen) atoms. The summed E-state index contributed by atoms with van der Waals surface area (Å²) in [5.74, 6) is 0.874. The number of rotatable bonds is 3. The van der Waals surface area contributed by atoms with Crippen molar-refractivity contribution in [1.82, 2.24) is 5.32 Å². The molecule has 1 rings (SSSR count). The third-order valence-electron chi connectivity index (χ3n) is 2.52. The van der Waals surface area contributed by atoms with Crippen LogP contribution in [0.4, 0.5) is 4.79 Å². The first kappa shape index (κ1) is 13.9. The van der Waals surface area contributed by atoms with E-state index in [0.29, 0.717) is 6.54 Å². The lowest BCUT2D eigenvalue weighted by Crippen LogP contribution is -2.17. The van der Waals surface area contributed by atoms with Gasteiger partial charge in [0.15, 0.2) is 0 Å². The van der Waals surface area contributed by atoms with Crippen LogP contribution in [0.1, 0.15) is 31.9 Å². The van der Waals surface area contributed by atoms with Crippen molar-refractivity contribution in [2.24, 2.45) is 0 Å². The molecule has 3 nitrogen and oxygen atoms in total. The van der Waals surface area contributed by atoms with Gasteiger partial charge in [0.05, 0.1) is 7.11 Å². The van der Waals surface area contributed by atoms with Gasteiger partial charge in [0.2, 0.25) is 0 Å². The van der Waals surface area contributed by atoms with E-state index in [2.05, 4.69) is 44.8 Å². The number of carbonyl (C=O) groups excluding carboxylic acids is 1. The highest BCUT2D eigenvalue weighted by atomic mass is 32.1. The van der Waals surface area contributed by atoms with E-state index in [9.17, 15) is 4.79 Å². The summed E-state index contributed by atoms with van der Waals surface area (Å²) in [4.78, 5) is 10.8. The lowest BCUT2D eigenvalue weighted by Gasteiger charge is -2.23. The average molecular weight is 253 g/mol. The van der Waals surface area contributed by atoms with Crippen molar-refractivity contribution in [3.63, 3.8) is 0 Å². The van der Waals surface area contributed by atoms with Crippen LogP contribution in [0.2, 0.25) is 0 Å². The molecule has 0 bridgehead atoms. The minimum Gasteiger partial charge on any atom is -0.496 e. The molecule has 1 aromatic carbocycles. The van der Waals surface area contributed by atoms with E-state index in [1.165, 1.54) is 0 Å². The van der Waals surface area contributed by atoms with Gasteiger partial charge in [-0.05, 0) is 28.7 Å². The molecule has 0 aliphatic carbocycles. The molecule has 1 N–H and O–H groups in total. The molecule has 0 aliphatic rings. The van der Waals surface area contributed by atoms with Gasteiger partial charge in [0.1, 0.15) is 5.75 Å². The Morgan fingerprint density at radius 3 is 2.53 bits per heavy atom. The average Bonchev–Trinajstić information content (AvgIpc) is 2.24.